The minimum absolute atomic E-state index is 0.0732. The van der Waals surface area contributed by atoms with Crippen molar-refractivity contribution in [3.05, 3.63) is 29.1 Å². The highest BCUT2D eigenvalue weighted by Gasteiger charge is 2.23. The molecule has 0 heterocycles. The molecular weight excluding hydrogens is 289 g/mol. The molecule has 0 aliphatic carbocycles. The molecule has 6 nitrogen and oxygen atoms in total. The first kappa shape index (κ1) is 16.5. The lowest BCUT2D eigenvalue weighted by Gasteiger charge is -2.14. The molecule has 1 aromatic carbocycles. The van der Waals surface area contributed by atoms with Gasteiger partial charge in [0, 0.05) is 6.54 Å². The van der Waals surface area contributed by atoms with Gasteiger partial charge in [0.05, 0.1) is 12.0 Å². The molecular formula is C12H16FNO5S. The smallest absolute Gasteiger partial charge is 0.336 e. The van der Waals surface area contributed by atoms with E-state index in [1.165, 1.54) is 13.8 Å². The number of esters is 1. The average Bonchev–Trinajstić information content (AvgIpc) is 2.33. The first-order chi connectivity index (χ1) is 9.19. The maximum Gasteiger partial charge on any atom is 0.336 e. The van der Waals surface area contributed by atoms with E-state index in [9.17, 15) is 22.7 Å². The zero-order chi connectivity index (χ0) is 15.5. The Morgan fingerprint density at radius 2 is 1.90 bits per heavy atom. The summed E-state index contributed by atoms with van der Waals surface area (Å²) in [6, 6.07) is 2.19. The number of rotatable bonds is 5. The molecule has 0 saturated carbocycles. The predicted octanol–water partition coefficient (Wildman–Crippen LogP) is 0.255. The number of aliphatic hydroxyl groups excluding tert-OH is 1. The van der Waals surface area contributed by atoms with Crippen LogP contribution in [0.1, 0.15) is 11.1 Å². The number of hydrogen-bond donors (Lipinski definition) is 2. The van der Waals surface area contributed by atoms with Crippen LogP contribution in [0.5, 0.6) is 0 Å². The standard InChI is InChI=1S/C12H16FNO5S/c1-7-4-9(13)5-8(2)11(7)20(17,18)14-6-10(15)12(16)19-3/h4-5,10,14-15H,6H2,1-3H3. The van der Waals surface area contributed by atoms with Gasteiger partial charge < -0.3 is 9.84 Å². The first-order valence-electron chi connectivity index (χ1n) is 5.71. The van der Waals surface area contributed by atoms with Gasteiger partial charge in [0.15, 0.2) is 6.10 Å². The van der Waals surface area contributed by atoms with Crippen molar-refractivity contribution in [2.45, 2.75) is 24.8 Å². The van der Waals surface area contributed by atoms with Crippen molar-refractivity contribution in [3.63, 3.8) is 0 Å². The van der Waals surface area contributed by atoms with Crippen LogP contribution in [0, 0.1) is 19.7 Å². The third kappa shape index (κ3) is 3.75. The zero-order valence-corrected chi connectivity index (χ0v) is 12.1. The van der Waals surface area contributed by atoms with Gasteiger partial charge in [-0.1, -0.05) is 0 Å². The molecule has 2 N–H and O–H groups in total. The Balaban J connectivity index is 2.98. The topological polar surface area (TPSA) is 92.7 Å². The van der Waals surface area contributed by atoms with Gasteiger partial charge in [-0.25, -0.2) is 22.3 Å². The Morgan fingerprint density at radius 1 is 1.40 bits per heavy atom. The van der Waals surface area contributed by atoms with Crippen molar-refractivity contribution in [2.24, 2.45) is 0 Å². The maximum absolute atomic E-state index is 13.1. The van der Waals surface area contributed by atoms with Gasteiger partial charge in [-0.05, 0) is 37.1 Å². The molecule has 1 atom stereocenters. The maximum atomic E-state index is 13.1. The van der Waals surface area contributed by atoms with Crippen LogP contribution >= 0.6 is 0 Å². The average molecular weight is 305 g/mol. The molecule has 0 spiro atoms. The van der Waals surface area contributed by atoms with Crippen molar-refractivity contribution in [3.8, 4) is 0 Å². The van der Waals surface area contributed by atoms with E-state index >= 15 is 0 Å². The molecule has 20 heavy (non-hydrogen) atoms. The highest BCUT2D eigenvalue weighted by Crippen LogP contribution is 2.21. The lowest BCUT2D eigenvalue weighted by molar-refractivity contribution is -0.149. The molecule has 1 aromatic rings. The number of nitrogens with one attached hydrogen (secondary N) is 1. The van der Waals surface area contributed by atoms with E-state index in [4.69, 9.17) is 0 Å². The fourth-order valence-electron chi connectivity index (χ4n) is 1.80. The number of hydrogen-bond acceptors (Lipinski definition) is 5. The molecule has 0 bridgehead atoms. The molecule has 0 fully saturated rings. The summed E-state index contributed by atoms with van der Waals surface area (Å²) in [5.74, 6) is -1.48. The van der Waals surface area contributed by atoms with Crippen LogP contribution in [0.4, 0.5) is 4.39 Å². The number of halogens is 1. The van der Waals surface area contributed by atoms with Crippen molar-refractivity contribution >= 4 is 16.0 Å². The summed E-state index contributed by atoms with van der Waals surface area (Å²) in [5.41, 5.74) is 0.477. The summed E-state index contributed by atoms with van der Waals surface area (Å²) in [7, 11) is -2.88. The molecule has 0 aliphatic heterocycles. The minimum Gasteiger partial charge on any atom is -0.467 e. The SMILES string of the molecule is COC(=O)C(O)CNS(=O)(=O)c1c(C)cc(F)cc1C. The van der Waals surface area contributed by atoms with Gasteiger partial charge in [-0.15, -0.1) is 0 Å². The number of aryl methyl sites for hydroxylation is 2. The van der Waals surface area contributed by atoms with Gasteiger partial charge in [-0.3, -0.25) is 0 Å². The quantitative estimate of drug-likeness (QED) is 0.761. The highest BCUT2D eigenvalue weighted by molar-refractivity contribution is 7.89. The van der Waals surface area contributed by atoms with E-state index in [2.05, 4.69) is 9.46 Å². The molecule has 0 amide bonds. The normalized spacial score (nSPS) is 13.1. The summed E-state index contributed by atoms with van der Waals surface area (Å²) >= 11 is 0. The largest absolute Gasteiger partial charge is 0.467 e. The Kier molecular flexibility index (Phi) is 5.21. The van der Waals surface area contributed by atoms with Crippen LogP contribution in [0.3, 0.4) is 0 Å². The first-order valence-corrected chi connectivity index (χ1v) is 7.19. The Hall–Kier alpha value is -1.51. The molecule has 0 radical (unpaired) electrons. The Morgan fingerprint density at radius 3 is 2.35 bits per heavy atom. The van der Waals surface area contributed by atoms with Gasteiger partial charge >= 0.3 is 5.97 Å². The van der Waals surface area contributed by atoms with Gasteiger partial charge in [-0.2, -0.15) is 0 Å². The summed E-state index contributed by atoms with van der Waals surface area (Å²) in [4.78, 5) is 10.9. The number of sulfonamides is 1. The lowest BCUT2D eigenvalue weighted by atomic mass is 10.1. The van der Waals surface area contributed by atoms with E-state index in [0.29, 0.717) is 0 Å². The molecule has 8 heteroatoms. The van der Waals surface area contributed by atoms with Crippen LogP contribution in [0.2, 0.25) is 0 Å². The lowest BCUT2D eigenvalue weighted by Crippen LogP contribution is -2.37. The summed E-state index contributed by atoms with van der Waals surface area (Å²) < 4.78 is 43.7. The summed E-state index contributed by atoms with van der Waals surface area (Å²) in [6.07, 6.45) is -1.60. The van der Waals surface area contributed by atoms with Crippen molar-refractivity contribution in [1.82, 2.24) is 4.72 Å². The van der Waals surface area contributed by atoms with Crippen LogP contribution in [0.15, 0.2) is 17.0 Å². The second kappa shape index (κ2) is 6.29. The highest BCUT2D eigenvalue weighted by atomic mass is 32.2. The minimum atomic E-state index is -3.96. The second-order valence-electron chi connectivity index (χ2n) is 4.26. The van der Waals surface area contributed by atoms with Crippen molar-refractivity contribution in [1.29, 1.82) is 0 Å². The number of carbonyl (C=O) groups excluding carboxylic acids is 1. The van der Waals surface area contributed by atoms with Crippen LogP contribution in [-0.2, 0) is 19.6 Å². The van der Waals surface area contributed by atoms with E-state index in [-0.39, 0.29) is 16.0 Å². The van der Waals surface area contributed by atoms with Gasteiger partial charge in [0.25, 0.3) is 0 Å². The number of carbonyl (C=O) groups is 1. The molecule has 0 saturated heterocycles. The fraction of sp³-hybridized carbons (Fsp3) is 0.417. The monoisotopic (exact) mass is 305 g/mol. The number of aliphatic hydroxyl groups is 1. The number of benzene rings is 1. The van der Waals surface area contributed by atoms with Gasteiger partial charge in [0.1, 0.15) is 5.82 Å². The third-order valence-electron chi connectivity index (χ3n) is 2.63. The zero-order valence-electron chi connectivity index (χ0n) is 11.3. The third-order valence-corrected chi connectivity index (χ3v) is 4.36. The van der Waals surface area contributed by atoms with E-state index in [1.807, 2.05) is 0 Å². The summed E-state index contributed by atoms with van der Waals surface area (Å²) in [5, 5.41) is 9.35. The van der Waals surface area contributed by atoms with Gasteiger partial charge in [0.2, 0.25) is 10.0 Å². The predicted molar refractivity (Wildman–Crippen MR) is 69.1 cm³/mol. The van der Waals surface area contributed by atoms with Crippen LogP contribution in [0.25, 0.3) is 0 Å². The number of ether oxygens (including phenoxy) is 1. The van der Waals surface area contributed by atoms with Crippen LogP contribution in [-0.4, -0.2) is 39.3 Å². The number of methoxy groups -OCH3 is 1. The van der Waals surface area contributed by atoms with Crippen molar-refractivity contribution < 1.29 is 27.4 Å². The Labute approximate surface area is 116 Å². The fourth-order valence-corrected chi connectivity index (χ4v) is 3.29. The molecule has 0 aliphatic rings. The second-order valence-corrected chi connectivity index (χ2v) is 5.96. The molecule has 1 unspecified atom stereocenters. The molecule has 1 rings (SSSR count). The summed E-state index contributed by atoms with van der Waals surface area (Å²) in [6.45, 7) is 2.40. The molecule has 0 aromatic heterocycles. The Bertz CT molecular complexity index is 591. The van der Waals surface area contributed by atoms with Crippen LogP contribution < -0.4 is 4.72 Å². The van der Waals surface area contributed by atoms with Crippen molar-refractivity contribution in [2.75, 3.05) is 13.7 Å². The molecule has 112 valence electrons. The van der Waals surface area contributed by atoms with E-state index in [1.54, 1.807) is 0 Å². The van der Waals surface area contributed by atoms with E-state index < -0.39 is 34.5 Å². The van der Waals surface area contributed by atoms with E-state index in [0.717, 1.165) is 19.2 Å².